The van der Waals surface area contributed by atoms with Crippen molar-refractivity contribution in [2.24, 2.45) is 0 Å². The van der Waals surface area contributed by atoms with Crippen LogP contribution in [0.1, 0.15) is 11.8 Å². The van der Waals surface area contributed by atoms with Crippen LogP contribution in [-0.2, 0) is 6.42 Å². The Balaban J connectivity index is 2.08. The number of nitrogens with two attached hydrogens (primary N) is 1. The van der Waals surface area contributed by atoms with E-state index in [2.05, 4.69) is 50.9 Å². The van der Waals surface area contributed by atoms with Crippen LogP contribution in [0.4, 0.5) is 17.5 Å². The molecule has 7 heteroatoms. The number of nitrogens with one attached hydrogen (secondary N) is 1. The highest BCUT2D eigenvalue weighted by Crippen LogP contribution is 2.33. The zero-order valence-electron chi connectivity index (χ0n) is 11.2. The van der Waals surface area contributed by atoms with Crippen molar-refractivity contribution in [3.8, 4) is 0 Å². The van der Waals surface area contributed by atoms with Gasteiger partial charge in [-0.3, -0.25) is 0 Å². The minimum Gasteiger partial charge on any atom is -0.368 e. The maximum atomic E-state index is 6.26. The van der Waals surface area contributed by atoms with Crippen LogP contribution in [-0.4, -0.2) is 9.97 Å². The molecule has 108 valence electrons. The predicted molar refractivity (Wildman–Crippen MR) is 98.7 cm³/mol. The minimum absolute atomic E-state index is 0.260. The topological polar surface area (TPSA) is 63.8 Å². The predicted octanol–water partition coefficient (Wildman–Crippen LogP) is 4.84. The van der Waals surface area contributed by atoms with Crippen LogP contribution in [0.15, 0.2) is 24.3 Å². The standard InChI is InChI=1S/C14H12ClIN4S/c1-2-8-6-9-12(19-14(17)20-13(9)21-8)18-11-4-3-7(16)5-10(11)15/h3-6H,2H2,1H3,(H3,17,18,19,20). The van der Waals surface area contributed by atoms with Crippen LogP contribution in [0.2, 0.25) is 5.02 Å². The Morgan fingerprint density at radius 1 is 1.33 bits per heavy atom. The van der Waals surface area contributed by atoms with Gasteiger partial charge in [-0.05, 0) is 53.3 Å². The minimum atomic E-state index is 0.260. The Morgan fingerprint density at radius 3 is 2.86 bits per heavy atom. The van der Waals surface area contributed by atoms with Crippen molar-refractivity contribution in [3.05, 3.63) is 37.7 Å². The number of nitrogen functional groups attached to an aromatic ring is 1. The molecule has 0 fully saturated rings. The summed E-state index contributed by atoms with van der Waals surface area (Å²) in [5.74, 6) is 0.952. The second-order valence-corrected chi connectivity index (χ2v) is 7.23. The molecule has 2 aromatic heterocycles. The summed E-state index contributed by atoms with van der Waals surface area (Å²) in [5, 5.41) is 4.88. The molecule has 4 nitrogen and oxygen atoms in total. The third-order valence-corrected chi connectivity index (χ3v) is 5.15. The molecular formula is C14H12ClIN4S. The quantitative estimate of drug-likeness (QED) is 0.584. The molecule has 0 amide bonds. The number of benzene rings is 1. The van der Waals surface area contributed by atoms with Crippen molar-refractivity contribution in [2.45, 2.75) is 13.3 Å². The molecule has 0 unspecified atom stereocenters. The second kappa shape index (κ2) is 5.94. The number of hydrogen-bond donors (Lipinski definition) is 2. The average molecular weight is 431 g/mol. The summed E-state index contributed by atoms with van der Waals surface area (Å²) in [4.78, 5) is 10.7. The van der Waals surface area contributed by atoms with E-state index < -0.39 is 0 Å². The molecule has 0 saturated carbocycles. The van der Waals surface area contributed by atoms with Gasteiger partial charge < -0.3 is 11.1 Å². The van der Waals surface area contributed by atoms with Crippen molar-refractivity contribution < 1.29 is 0 Å². The van der Waals surface area contributed by atoms with Crippen LogP contribution >= 0.6 is 45.5 Å². The summed E-state index contributed by atoms with van der Waals surface area (Å²) < 4.78 is 1.08. The molecule has 0 spiro atoms. The average Bonchev–Trinajstić information content (AvgIpc) is 2.85. The highest BCUT2D eigenvalue weighted by atomic mass is 127. The molecule has 0 saturated heterocycles. The lowest BCUT2D eigenvalue weighted by molar-refractivity contribution is 1.19. The van der Waals surface area contributed by atoms with Gasteiger partial charge in [0.25, 0.3) is 0 Å². The van der Waals surface area contributed by atoms with Gasteiger partial charge in [0.1, 0.15) is 10.6 Å². The summed E-state index contributed by atoms with van der Waals surface area (Å²) in [6.45, 7) is 2.12. The van der Waals surface area contributed by atoms with Crippen molar-refractivity contribution in [1.82, 2.24) is 9.97 Å². The molecule has 3 aromatic rings. The van der Waals surface area contributed by atoms with Crippen molar-refractivity contribution in [3.63, 3.8) is 0 Å². The first-order chi connectivity index (χ1) is 10.1. The van der Waals surface area contributed by atoms with Crippen LogP contribution in [0, 0.1) is 3.57 Å². The molecule has 1 aromatic carbocycles. The van der Waals surface area contributed by atoms with Gasteiger partial charge in [0, 0.05) is 8.45 Å². The van der Waals surface area contributed by atoms with Crippen LogP contribution in [0.25, 0.3) is 10.2 Å². The molecule has 3 N–H and O–H groups in total. The largest absolute Gasteiger partial charge is 0.368 e. The number of thiophene rings is 1. The Kier molecular flexibility index (Phi) is 4.19. The highest BCUT2D eigenvalue weighted by molar-refractivity contribution is 14.1. The fraction of sp³-hybridized carbons (Fsp3) is 0.143. The number of aryl methyl sites for hydroxylation is 1. The highest BCUT2D eigenvalue weighted by Gasteiger charge is 2.11. The summed E-state index contributed by atoms with van der Waals surface area (Å²) in [6, 6.07) is 7.92. The number of aromatic nitrogens is 2. The van der Waals surface area contributed by atoms with E-state index in [1.807, 2.05) is 18.2 Å². The van der Waals surface area contributed by atoms with E-state index in [4.69, 9.17) is 17.3 Å². The van der Waals surface area contributed by atoms with Gasteiger partial charge in [0.2, 0.25) is 5.95 Å². The van der Waals surface area contributed by atoms with Gasteiger partial charge in [-0.1, -0.05) is 18.5 Å². The molecule has 0 aliphatic carbocycles. The van der Waals surface area contributed by atoms with Crippen molar-refractivity contribution in [2.75, 3.05) is 11.1 Å². The van der Waals surface area contributed by atoms with Gasteiger partial charge in [0.05, 0.1) is 16.1 Å². The van der Waals surface area contributed by atoms with Crippen molar-refractivity contribution >= 4 is 73.2 Å². The van der Waals surface area contributed by atoms with Gasteiger partial charge >= 0.3 is 0 Å². The maximum absolute atomic E-state index is 6.26. The van der Waals surface area contributed by atoms with Gasteiger partial charge in [0.15, 0.2) is 0 Å². The number of nitrogens with zero attached hydrogens (tertiary/aromatic N) is 2. The Bertz CT molecular complexity index is 818. The number of fused-ring (bicyclic) bond motifs is 1. The SMILES string of the molecule is CCc1cc2c(Nc3ccc(I)cc3Cl)nc(N)nc2s1. The zero-order valence-corrected chi connectivity index (χ0v) is 14.9. The maximum Gasteiger partial charge on any atom is 0.223 e. The lowest BCUT2D eigenvalue weighted by atomic mass is 10.3. The molecule has 0 atom stereocenters. The van der Waals surface area contributed by atoms with Gasteiger partial charge in [-0.2, -0.15) is 4.98 Å². The lowest BCUT2D eigenvalue weighted by Crippen LogP contribution is -2.00. The summed E-state index contributed by atoms with van der Waals surface area (Å²) >= 11 is 10.1. The van der Waals surface area contributed by atoms with Gasteiger partial charge in [-0.15, -0.1) is 11.3 Å². The fourth-order valence-corrected chi connectivity index (χ4v) is 3.85. The van der Waals surface area contributed by atoms with E-state index in [9.17, 15) is 0 Å². The molecule has 2 heterocycles. The van der Waals surface area contributed by atoms with E-state index in [-0.39, 0.29) is 5.95 Å². The number of anilines is 3. The Hall–Kier alpha value is -1.12. The molecule has 0 bridgehead atoms. The Morgan fingerprint density at radius 2 is 2.14 bits per heavy atom. The molecule has 0 aliphatic heterocycles. The van der Waals surface area contributed by atoms with Gasteiger partial charge in [-0.25, -0.2) is 4.98 Å². The van der Waals surface area contributed by atoms with Crippen molar-refractivity contribution in [1.29, 1.82) is 0 Å². The van der Waals surface area contributed by atoms with Crippen LogP contribution in [0.3, 0.4) is 0 Å². The van der Waals surface area contributed by atoms with E-state index in [1.54, 1.807) is 11.3 Å². The molecule has 0 radical (unpaired) electrons. The molecule has 0 aliphatic rings. The summed E-state index contributed by atoms with van der Waals surface area (Å²) in [6.07, 6.45) is 0.963. The van der Waals surface area contributed by atoms with E-state index in [0.717, 1.165) is 25.9 Å². The first kappa shape index (κ1) is 14.8. The second-order valence-electron chi connectivity index (χ2n) is 4.46. The Labute approximate surface area is 144 Å². The lowest BCUT2D eigenvalue weighted by Gasteiger charge is -2.09. The summed E-state index contributed by atoms with van der Waals surface area (Å²) in [5.41, 5.74) is 6.61. The molecule has 3 rings (SSSR count). The molecule has 21 heavy (non-hydrogen) atoms. The third kappa shape index (κ3) is 3.07. The molecular weight excluding hydrogens is 419 g/mol. The number of rotatable bonds is 3. The first-order valence-electron chi connectivity index (χ1n) is 6.35. The number of hydrogen-bond acceptors (Lipinski definition) is 5. The van der Waals surface area contributed by atoms with E-state index >= 15 is 0 Å². The monoisotopic (exact) mass is 430 g/mol. The summed E-state index contributed by atoms with van der Waals surface area (Å²) in [7, 11) is 0. The third-order valence-electron chi connectivity index (χ3n) is 2.99. The van der Waals surface area contributed by atoms with Crippen LogP contribution in [0.5, 0.6) is 0 Å². The van der Waals surface area contributed by atoms with E-state index in [0.29, 0.717) is 10.8 Å². The zero-order chi connectivity index (χ0) is 15.0. The smallest absolute Gasteiger partial charge is 0.223 e. The fourth-order valence-electron chi connectivity index (χ4n) is 1.98. The van der Waals surface area contributed by atoms with E-state index in [1.165, 1.54) is 4.88 Å². The normalized spacial score (nSPS) is 11.0. The first-order valence-corrected chi connectivity index (χ1v) is 8.62. The number of halogens is 2. The van der Waals surface area contributed by atoms with Crippen LogP contribution < -0.4 is 11.1 Å².